The van der Waals surface area contributed by atoms with Crippen LogP contribution < -0.4 is 0 Å². The molecule has 28 heavy (non-hydrogen) atoms. The molecular formula is C23H22N2O2S. The van der Waals surface area contributed by atoms with Gasteiger partial charge >= 0.3 is 5.97 Å². The molecule has 2 heterocycles. The first-order chi connectivity index (χ1) is 13.7. The van der Waals surface area contributed by atoms with Crippen LogP contribution in [0.1, 0.15) is 28.0 Å². The van der Waals surface area contributed by atoms with Crippen molar-refractivity contribution in [3.63, 3.8) is 0 Å². The molecule has 4 rings (SSSR count). The van der Waals surface area contributed by atoms with E-state index in [-0.39, 0.29) is 5.97 Å². The summed E-state index contributed by atoms with van der Waals surface area (Å²) < 4.78 is 4.74. The SMILES string of the molecule is COC(=O)c1ccc(-c2nc(CN3CC=C(c4ccccc4)CC3)cs2)cc1. The third-order valence-corrected chi connectivity index (χ3v) is 5.87. The van der Waals surface area contributed by atoms with E-state index in [2.05, 4.69) is 46.7 Å². The van der Waals surface area contributed by atoms with Gasteiger partial charge in [-0.3, -0.25) is 4.90 Å². The van der Waals surface area contributed by atoms with Crippen molar-refractivity contribution >= 4 is 22.9 Å². The van der Waals surface area contributed by atoms with E-state index in [1.54, 1.807) is 23.5 Å². The van der Waals surface area contributed by atoms with Gasteiger partial charge in [0.15, 0.2) is 0 Å². The summed E-state index contributed by atoms with van der Waals surface area (Å²) in [7, 11) is 1.39. The Kier molecular flexibility index (Phi) is 5.65. The molecule has 0 fully saturated rings. The predicted octanol–water partition coefficient (Wildman–Crippen LogP) is 4.89. The fourth-order valence-electron chi connectivity index (χ4n) is 3.38. The van der Waals surface area contributed by atoms with E-state index >= 15 is 0 Å². The number of carbonyl (C=O) groups is 1. The fourth-order valence-corrected chi connectivity index (χ4v) is 4.19. The lowest BCUT2D eigenvalue weighted by molar-refractivity contribution is 0.0601. The van der Waals surface area contributed by atoms with Crippen molar-refractivity contribution in [3.05, 3.63) is 82.9 Å². The molecule has 2 aromatic carbocycles. The zero-order valence-electron chi connectivity index (χ0n) is 15.8. The van der Waals surface area contributed by atoms with Crippen molar-refractivity contribution in [2.45, 2.75) is 13.0 Å². The number of thiazole rings is 1. The minimum atomic E-state index is -0.320. The molecule has 142 valence electrons. The number of methoxy groups -OCH3 is 1. The summed E-state index contributed by atoms with van der Waals surface area (Å²) in [6.45, 7) is 2.85. The van der Waals surface area contributed by atoms with Gasteiger partial charge in [0.25, 0.3) is 0 Å². The van der Waals surface area contributed by atoms with Crippen molar-refractivity contribution in [1.29, 1.82) is 0 Å². The molecule has 1 aliphatic rings. The normalized spacial score (nSPS) is 14.5. The van der Waals surface area contributed by atoms with Gasteiger partial charge in [0, 0.05) is 30.6 Å². The molecule has 1 aliphatic heterocycles. The average Bonchev–Trinajstić information content (AvgIpc) is 3.23. The van der Waals surface area contributed by atoms with Gasteiger partial charge in [-0.25, -0.2) is 9.78 Å². The van der Waals surface area contributed by atoms with Crippen LogP contribution in [-0.2, 0) is 11.3 Å². The molecule has 4 nitrogen and oxygen atoms in total. The molecule has 3 aromatic rings. The largest absolute Gasteiger partial charge is 0.465 e. The van der Waals surface area contributed by atoms with Crippen LogP contribution in [-0.4, -0.2) is 36.1 Å². The average molecular weight is 391 g/mol. The lowest BCUT2D eigenvalue weighted by Gasteiger charge is -2.25. The summed E-state index contributed by atoms with van der Waals surface area (Å²) in [5.74, 6) is -0.320. The molecule has 0 atom stereocenters. The Labute approximate surface area is 169 Å². The maximum Gasteiger partial charge on any atom is 0.337 e. The smallest absolute Gasteiger partial charge is 0.337 e. The van der Waals surface area contributed by atoms with Gasteiger partial charge in [0.05, 0.1) is 18.4 Å². The van der Waals surface area contributed by atoms with Crippen molar-refractivity contribution in [2.24, 2.45) is 0 Å². The second-order valence-corrected chi connectivity index (χ2v) is 7.65. The first-order valence-electron chi connectivity index (χ1n) is 9.33. The lowest BCUT2D eigenvalue weighted by atomic mass is 9.99. The van der Waals surface area contributed by atoms with Crippen LogP contribution in [0.25, 0.3) is 16.1 Å². The van der Waals surface area contributed by atoms with Crippen molar-refractivity contribution in [2.75, 3.05) is 20.2 Å². The highest BCUT2D eigenvalue weighted by Crippen LogP contribution is 2.26. The number of benzene rings is 2. The minimum Gasteiger partial charge on any atom is -0.465 e. The highest BCUT2D eigenvalue weighted by molar-refractivity contribution is 7.13. The Morgan fingerprint density at radius 1 is 1.11 bits per heavy atom. The monoisotopic (exact) mass is 390 g/mol. The Morgan fingerprint density at radius 2 is 1.89 bits per heavy atom. The molecule has 5 heteroatoms. The first-order valence-corrected chi connectivity index (χ1v) is 10.2. The Balaban J connectivity index is 1.39. The Morgan fingerprint density at radius 3 is 2.57 bits per heavy atom. The Hall–Kier alpha value is -2.76. The molecule has 0 aliphatic carbocycles. The zero-order chi connectivity index (χ0) is 19.3. The van der Waals surface area contributed by atoms with Crippen molar-refractivity contribution in [1.82, 2.24) is 9.88 Å². The number of nitrogens with zero attached hydrogens (tertiary/aromatic N) is 2. The van der Waals surface area contributed by atoms with Crippen LogP contribution >= 0.6 is 11.3 Å². The summed E-state index contributed by atoms with van der Waals surface area (Å²) in [4.78, 5) is 18.8. The quantitative estimate of drug-likeness (QED) is 0.582. The molecule has 0 saturated carbocycles. The summed E-state index contributed by atoms with van der Waals surface area (Å²) in [6, 6.07) is 18.0. The van der Waals surface area contributed by atoms with E-state index in [1.807, 2.05) is 12.1 Å². The molecule has 1 aromatic heterocycles. The third kappa shape index (κ3) is 4.21. The minimum absolute atomic E-state index is 0.320. The van der Waals surface area contributed by atoms with Gasteiger partial charge < -0.3 is 4.74 Å². The van der Waals surface area contributed by atoms with E-state index in [9.17, 15) is 4.79 Å². The molecule has 0 unspecified atom stereocenters. The van der Waals surface area contributed by atoms with E-state index < -0.39 is 0 Å². The van der Waals surface area contributed by atoms with Gasteiger partial charge in [0.1, 0.15) is 5.01 Å². The Bertz CT molecular complexity index is 977. The predicted molar refractivity (Wildman–Crippen MR) is 113 cm³/mol. The lowest BCUT2D eigenvalue weighted by Crippen LogP contribution is -2.28. The summed E-state index contributed by atoms with van der Waals surface area (Å²) in [6.07, 6.45) is 3.40. The second-order valence-electron chi connectivity index (χ2n) is 6.79. The van der Waals surface area contributed by atoms with Crippen LogP contribution in [0.5, 0.6) is 0 Å². The maximum absolute atomic E-state index is 11.6. The van der Waals surface area contributed by atoms with Gasteiger partial charge in [-0.05, 0) is 29.7 Å². The van der Waals surface area contributed by atoms with Crippen LogP contribution in [0.15, 0.2) is 66.1 Å². The summed E-state index contributed by atoms with van der Waals surface area (Å²) in [5.41, 5.74) is 5.43. The maximum atomic E-state index is 11.6. The van der Waals surface area contributed by atoms with Gasteiger partial charge in [-0.2, -0.15) is 0 Å². The molecule has 0 spiro atoms. The molecular weight excluding hydrogens is 368 g/mol. The van der Waals surface area contributed by atoms with Crippen LogP contribution in [0.3, 0.4) is 0 Å². The highest BCUT2D eigenvalue weighted by Gasteiger charge is 2.15. The van der Waals surface area contributed by atoms with Crippen LogP contribution in [0.2, 0.25) is 0 Å². The topological polar surface area (TPSA) is 42.4 Å². The fraction of sp³-hybridized carbons (Fsp3) is 0.217. The van der Waals surface area contributed by atoms with Gasteiger partial charge in [0.2, 0.25) is 0 Å². The second kappa shape index (κ2) is 8.50. The summed E-state index contributed by atoms with van der Waals surface area (Å²) in [5, 5.41) is 3.10. The van der Waals surface area contributed by atoms with E-state index in [4.69, 9.17) is 9.72 Å². The highest BCUT2D eigenvalue weighted by atomic mass is 32.1. The number of esters is 1. The summed E-state index contributed by atoms with van der Waals surface area (Å²) >= 11 is 1.64. The van der Waals surface area contributed by atoms with Crippen LogP contribution in [0, 0.1) is 0 Å². The van der Waals surface area contributed by atoms with Crippen molar-refractivity contribution < 1.29 is 9.53 Å². The van der Waals surface area contributed by atoms with Gasteiger partial charge in [-0.15, -0.1) is 11.3 Å². The number of aromatic nitrogens is 1. The van der Waals surface area contributed by atoms with E-state index in [1.165, 1.54) is 18.2 Å². The van der Waals surface area contributed by atoms with E-state index in [0.29, 0.717) is 5.56 Å². The number of carbonyl (C=O) groups excluding carboxylic acids is 1. The molecule has 0 bridgehead atoms. The third-order valence-electron chi connectivity index (χ3n) is 4.93. The molecule has 0 amide bonds. The molecule has 0 radical (unpaired) electrons. The number of hydrogen-bond acceptors (Lipinski definition) is 5. The van der Waals surface area contributed by atoms with E-state index in [0.717, 1.165) is 42.3 Å². The standard InChI is InChI=1S/C23H22N2O2S/c1-27-23(26)20-9-7-19(8-10-20)22-24-21(16-28-22)15-25-13-11-18(12-14-25)17-5-3-2-4-6-17/h2-11,16H,12-15H2,1H3. The van der Waals surface area contributed by atoms with Crippen LogP contribution in [0.4, 0.5) is 0 Å². The first kappa shape index (κ1) is 18.6. The number of ether oxygens (including phenoxy) is 1. The van der Waals surface area contributed by atoms with Crippen molar-refractivity contribution in [3.8, 4) is 10.6 Å². The molecule has 0 N–H and O–H groups in total. The number of rotatable bonds is 5. The van der Waals surface area contributed by atoms with Gasteiger partial charge in [-0.1, -0.05) is 48.5 Å². The number of hydrogen-bond donors (Lipinski definition) is 0. The zero-order valence-corrected chi connectivity index (χ0v) is 16.6. The molecule has 0 saturated heterocycles.